The maximum absolute atomic E-state index is 13.6. The van der Waals surface area contributed by atoms with Crippen molar-refractivity contribution in [2.75, 3.05) is 39.1 Å². The van der Waals surface area contributed by atoms with Crippen LogP contribution in [0.1, 0.15) is 44.9 Å². The van der Waals surface area contributed by atoms with Crippen molar-refractivity contribution in [1.82, 2.24) is 20.6 Å². The maximum atomic E-state index is 13.6. The largest absolute Gasteiger partial charge is 0.493 e. The number of nitrogens with zero attached hydrogens (tertiary/aromatic N) is 2. The van der Waals surface area contributed by atoms with Gasteiger partial charge < -0.3 is 49.7 Å². The Morgan fingerprint density at radius 2 is 0.815 bits per heavy atom. The minimum absolute atomic E-state index is 0.310. The molecule has 5 aliphatic carbocycles. The molecule has 0 saturated heterocycles. The van der Waals surface area contributed by atoms with Crippen molar-refractivity contribution >= 4 is 56.8 Å². The molecule has 0 radical (unpaired) electrons. The van der Waals surface area contributed by atoms with E-state index in [1.54, 1.807) is 114 Å². The number of hydrogen-bond acceptors (Lipinski definition) is 12. The fraction of sp³-hybridized carbons (Fsp3) is 0.306. The van der Waals surface area contributed by atoms with Crippen molar-refractivity contribution in [3.8, 4) is 46.0 Å². The van der Waals surface area contributed by atoms with E-state index in [4.69, 9.17) is 28.4 Å². The molecule has 5 saturated carbocycles. The molecule has 11 rings (SSSR count). The number of hydrogen-bond donors (Lipinski definition) is 4. The Bertz CT molecular complexity index is 2700. The SMILES string of the molecule is COc1cc2nccc(Oc3ccc(NC(=O)C4(C(=O)NC56CC(NC(=O)C7(C(=O)Nc8ccc(Oc9ccnc%10cc(OC)c(OC)cc9%10)cc8)CC7)(C5)C6)CC4)cc3)c2cc1OC. The van der Waals surface area contributed by atoms with Crippen LogP contribution in [0.4, 0.5) is 11.4 Å². The van der Waals surface area contributed by atoms with Crippen LogP contribution >= 0.6 is 0 Å². The third-order valence-electron chi connectivity index (χ3n) is 13.1. The molecule has 4 aromatic carbocycles. The van der Waals surface area contributed by atoms with E-state index in [1.807, 2.05) is 12.1 Å². The predicted molar refractivity (Wildman–Crippen MR) is 239 cm³/mol. The summed E-state index contributed by atoms with van der Waals surface area (Å²) < 4.78 is 34.1. The number of aromatic nitrogens is 2. The molecule has 0 atom stereocenters. The van der Waals surface area contributed by atoms with Gasteiger partial charge in [-0.1, -0.05) is 0 Å². The summed E-state index contributed by atoms with van der Waals surface area (Å²) >= 11 is 0. The normalized spacial score (nSPS) is 20.2. The Kier molecular flexibility index (Phi) is 9.92. The lowest BCUT2D eigenvalue weighted by molar-refractivity contribution is -0.156. The van der Waals surface area contributed by atoms with E-state index >= 15 is 0 Å². The number of amides is 4. The van der Waals surface area contributed by atoms with Crippen molar-refractivity contribution in [3.05, 3.63) is 97.3 Å². The molecule has 2 bridgehead atoms. The van der Waals surface area contributed by atoms with Crippen LogP contribution in [0, 0.1) is 10.8 Å². The Balaban J connectivity index is 0.702. The fourth-order valence-corrected chi connectivity index (χ4v) is 9.18. The summed E-state index contributed by atoms with van der Waals surface area (Å²) in [6.45, 7) is 0. The van der Waals surface area contributed by atoms with E-state index in [-0.39, 0.29) is 23.6 Å². The van der Waals surface area contributed by atoms with Gasteiger partial charge in [0, 0.05) is 57.8 Å². The first-order chi connectivity index (χ1) is 31.4. The average Bonchev–Trinajstić information content (AvgIpc) is 4.24. The van der Waals surface area contributed by atoms with E-state index in [1.165, 1.54) is 0 Å². The van der Waals surface area contributed by atoms with E-state index in [0.717, 1.165) is 10.8 Å². The van der Waals surface area contributed by atoms with E-state index in [2.05, 4.69) is 31.2 Å². The Morgan fingerprint density at radius 1 is 0.462 bits per heavy atom. The summed E-state index contributed by atoms with van der Waals surface area (Å²) in [7, 11) is 6.26. The monoisotopic (exact) mass is 878 g/mol. The van der Waals surface area contributed by atoms with Gasteiger partial charge in [0.05, 0.1) is 39.5 Å². The second kappa shape index (κ2) is 15.6. The summed E-state index contributed by atoms with van der Waals surface area (Å²) in [5.41, 5.74) is -0.886. The standard InChI is InChI=1S/C49H46N6O10/c1-60-38-21-32-34(23-40(38)62-3)50-19-13-36(32)64-30-9-5-28(6-10-30)52-42(56)48(15-16-48)44(58)54-46-25-47(26-46,27-46)55-45(59)49(17-18-49)43(57)53-29-7-11-31(12-8-29)65-37-14-20-51-35-24-41(63-4)39(61-2)22-33(35)37/h5-14,19-24H,15-18,25-27H2,1-4H3,(H,52,56)(H,53,57)(H,54,58)(H,55,59). The Hall–Kier alpha value is -7.62. The lowest BCUT2D eigenvalue weighted by Gasteiger charge is -2.70. The molecule has 2 heterocycles. The highest BCUT2D eigenvalue weighted by Crippen LogP contribution is 2.62. The van der Waals surface area contributed by atoms with Crippen LogP contribution in [0.2, 0.25) is 0 Å². The summed E-state index contributed by atoms with van der Waals surface area (Å²) in [5.74, 6) is 3.08. The van der Waals surface area contributed by atoms with Crippen LogP contribution < -0.4 is 49.7 Å². The third kappa shape index (κ3) is 7.37. The molecule has 332 valence electrons. The maximum Gasteiger partial charge on any atom is 0.240 e. The minimum Gasteiger partial charge on any atom is -0.493 e. The van der Waals surface area contributed by atoms with Crippen molar-refractivity contribution in [2.45, 2.75) is 56.0 Å². The Morgan fingerprint density at radius 3 is 1.15 bits per heavy atom. The topological polar surface area (TPSA) is 198 Å². The molecule has 0 spiro atoms. The smallest absolute Gasteiger partial charge is 0.240 e. The molecule has 5 aliphatic rings. The van der Waals surface area contributed by atoms with Crippen molar-refractivity contribution in [1.29, 1.82) is 0 Å². The van der Waals surface area contributed by atoms with Crippen LogP contribution in [-0.2, 0) is 19.2 Å². The number of benzene rings is 4. The molecule has 6 aromatic rings. The van der Waals surface area contributed by atoms with Crippen LogP contribution in [0.3, 0.4) is 0 Å². The van der Waals surface area contributed by atoms with Gasteiger partial charge in [0.15, 0.2) is 23.0 Å². The van der Waals surface area contributed by atoms with Crippen LogP contribution in [0.5, 0.6) is 46.0 Å². The zero-order valence-corrected chi connectivity index (χ0v) is 36.2. The summed E-state index contributed by atoms with van der Waals surface area (Å²) in [6.07, 6.45) is 6.66. The third-order valence-corrected chi connectivity index (χ3v) is 13.1. The molecule has 5 fully saturated rings. The number of carbonyl (C=O) groups excluding carboxylic acids is 4. The number of carbonyl (C=O) groups is 4. The molecule has 2 aromatic heterocycles. The zero-order valence-electron chi connectivity index (χ0n) is 36.2. The van der Waals surface area contributed by atoms with Crippen molar-refractivity contribution in [3.63, 3.8) is 0 Å². The predicted octanol–water partition coefficient (Wildman–Crippen LogP) is 7.45. The van der Waals surface area contributed by atoms with Crippen LogP contribution in [0.25, 0.3) is 21.8 Å². The fourth-order valence-electron chi connectivity index (χ4n) is 9.18. The van der Waals surface area contributed by atoms with Gasteiger partial charge in [0.2, 0.25) is 23.6 Å². The summed E-state index contributed by atoms with van der Waals surface area (Å²) in [5, 5.41) is 13.6. The van der Waals surface area contributed by atoms with E-state index in [9.17, 15) is 19.2 Å². The zero-order chi connectivity index (χ0) is 45.1. The molecule has 16 heteroatoms. The average molecular weight is 879 g/mol. The highest BCUT2D eigenvalue weighted by Gasteiger charge is 2.72. The van der Waals surface area contributed by atoms with E-state index < -0.39 is 21.9 Å². The number of nitrogens with one attached hydrogen (secondary N) is 4. The molecular weight excluding hydrogens is 833 g/mol. The lowest BCUT2D eigenvalue weighted by atomic mass is 9.44. The number of anilines is 2. The first kappa shape index (κ1) is 41.4. The molecule has 16 nitrogen and oxygen atoms in total. The van der Waals surface area contributed by atoms with Gasteiger partial charge in [-0.3, -0.25) is 29.1 Å². The van der Waals surface area contributed by atoms with Gasteiger partial charge >= 0.3 is 0 Å². The number of fused-ring (bicyclic) bond motifs is 2. The van der Waals surface area contributed by atoms with Crippen LogP contribution in [0.15, 0.2) is 97.3 Å². The Labute approximate surface area is 373 Å². The van der Waals surface area contributed by atoms with E-state index in [0.29, 0.717) is 113 Å². The summed E-state index contributed by atoms with van der Waals surface area (Å²) in [4.78, 5) is 63.2. The van der Waals surface area contributed by atoms with Gasteiger partial charge in [-0.25, -0.2) is 0 Å². The molecule has 0 unspecified atom stereocenters. The highest BCUT2D eigenvalue weighted by atomic mass is 16.5. The van der Waals surface area contributed by atoms with Gasteiger partial charge in [-0.15, -0.1) is 0 Å². The summed E-state index contributed by atoms with van der Waals surface area (Å²) in [6, 6.07) is 24.5. The van der Waals surface area contributed by atoms with Gasteiger partial charge in [-0.2, -0.15) is 0 Å². The number of ether oxygens (including phenoxy) is 6. The van der Waals surface area contributed by atoms with Gasteiger partial charge in [-0.05, 0) is 118 Å². The molecule has 4 amide bonds. The molecular formula is C49H46N6O10. The number of pyridine rings is 2. The van der Waals surface area contributed by atoms with Crippen molar-refractivity contribution < 1.29 is 47.6 Å². The minimum atomic E-state index is -1.16. The second-order valence-corrected chi connectivity index (χ2v) is 17.4. The van der Waals surface area contributed by atoms with Gasteiger partial charge in [0.1, 0.15) is 33.8 Å². The van der Waals surface area contributed by atoms with Crippen molar-refractivity contribution in [2.24, 2.45) is 10.8 Å². The quantitative estimate of drug-likeness (QED) is 0.0702. The number of methoxy groups -OCH3 is 4. The second-order valence-electron chi connectivity index (χ2n) is 17.4. The van der Waals surface area contributed by atoms with Crippen LogP contribution in [-0.4, -0.2) is 73.1 Å². The molecule has 0 aliphatic heterocycles. The first-order valence-electron chi connectivity index (χ1n) is 21.3. The van der Waals surface area contributed by atoms with Gasteiger partial charge in [0.25, 0.3) is 0 Å². The highest BCUT2D eigenvalue weighted by molar-refractivity contribution is 6.14. The lowest BCUT2D eigenvalue weighted by Crippen LogP contribution is -2.84. The molecule has 65 heavy (non-hydrogen) atoms. The first-order valence-corrected chi connectivity index (χ1v) is 21.3. The number of rotatable bonds is 16. The molecule has 4 N–H and O–H groups in total.